The van der Waals surface area contributed by atoms with E-state index in [1.807, 2.05) is 13.0 Å². The van der Waals surface area contributed by atoms with Crippen molar-refractivity contribution < 1.29 is 18.8 Å². The van der Waals surface area contributed by atoms with Crippen molar-refractivity contribution >= 4 is 17.3 Å². The lowest BCUT2D eigenvalue weighted by Gasteiger charge is -2.05. The van der Waals surface area contributed by atoms with Gasteiger partial charge >= 0.3 is 5.97 Å². The Balaban J connectivity index is 1.59. The van der Waals surface area contributed by atoms with Crippen LogP contribution in [-0.4, -0.2) is 16.1 Å². The van der Waals surface area contributed by atoms with Gasteiger partial charge in [0.1, 0.15) is 16.4 Å². The summed E-state index contributed by atoms with van der Waals surface area (Å²) in [5.74, 6) is 1.72. The Bertz CT molecular complexity index is 868. The molecule has 0 fully saturated rings. The monoisotopic (exact) mass is 358 g/mol. The number of benzene rings is 1. The van der Waals surface area contributed by atoms with Crippen molar-refractivity contribution in [1.29, 1.82) is 0 Å². The lowest BCUT2D eigenvalue weighted by molar-refractivity contribution is 0.0739. The molecule has 130 valence electrons. The van der Waals surface area contributed by atoms with Gasteiger partial charge in [0.15, 0.2) is 12.4 Å². The number of carbonyl (C=O) groups is 1. The summed E-state index contributed by atoms with van der Waals surface area (Å²) < 4.78 is 15.9. The van der Waals surface area contributed by atoms with Gasteiger partial charge in [-0.2, -0.15) is 4.98 Å². The molecule has 0 aliphatic carbocycles. The number of carbonyl (C=O) groups excluding carboxylic acids is 1. The maximum atomic E-state index is 12.2. The van der Waals surface area contributed by atoms with E-state index in [4.69, 9.17) is 14.0 Å². The number of aromatic nitrogens is 2. The summed E-state index contributed by atoms with van der Waals surface area (Å²) in [4.78, 5) is 18.1. The molecule has 2 aromatic heterocycles. The van der Waals surface area contributed by atoms with Gasteiger partial charge in [0.2, 0.25) is 0 Å². The Morgan fingerprint density at radius 3 is 2.52 bits per heavy atom. The van der Waals surface area contributed by atoms with Gasteiger partial charge in [-0.1, -0.05) is 12.1 Å². The van der Waals surface area contributed by atoms with Crippen LogP contribution < -0.4 is 9.47 Å². The minimum Gasteiger partial charge on any atom is -0.484 e. The van der Waals surface area contributed by atoms with Crippen molar-refractivity contribution in [2.24, 2.45) is 0 Å². The van der Waals surface area contributed by atoms with Gasteiger partial charge in [-0.3, -0.25) is 0 Å². The van der Waals surface area contributed by atoms with Gasteiger partial charge in [0.25, 0.3) is 5.89 Å². The lowest BCUT2D eigenvalue weighted by Crippen LogP contribution is -2.06. The van der Waals surface area contributed by atoms with E-state index >= 15 is 0 Å². The van der Waals surface area contributed by atoms with Crippen molar-refractivity contribution in [2.45, 2.75) is 33.8 Å². The van der Waals surface area contributed by atoms with E-state index < -0.39 is 0 Å². The van der Waals surface area contributed by atoms with Gasteiger partial charge in [-0.25, -0.2) is 4.79 Å². The molecule has 6 nitrogen and oxygen atoms in total. The fourth-order valence-electron chi connectivity index (χ4n) is 2.28. The van der Waals surface area contributed by atoms with Crippen LogP contribution in [0.5, 0.6) is 11.5 Å². The first-order chi connectivity index (χ1) is 12.0. The van der Waals surface area contributed by atoms with E-state index in [0.29, 0.717) is 28.1 Å². The fourth-order valence-corrected chi connectivity index (χ4v) is 3.27. The molecular weight excluding hydrogens is 340 g/mol. The molecule has 0 amide bonds. The van der Waals surface area contributed by atoms with Crippen molar-refractivity contribution in [3.63, 3.8) is 0 Å². The molecule has 0 unspecified atom stereocenters. The van der Waals surface area contributed by atoms with Crippen LogP contribution in [-0.2, 0) is 13.0 Å². The first-order valence-electron chi connectivity index (χ1n) is 7.88. The topological polar surface area (TPSA) is 74.5 Å². The van der Waals surface area contributed by atoms with E-state index in [0.717, 1.165) is 12.0 Å². The van der Waals surface area contributed by atoms with E-state index in [2.05, 4.69) is 17.1 Å². The number of thiophene rings is 1. The first kappa shape index (κ1) is 17.2. The molecule has 2 heterocycles. The molecule has 1 aromatic carbocycles. The quantitative estimate of drug-likeness (QED) is 0.488. The van der Waals surface area contributed by atoms with Gasteiger partial charge in [0.05, 0.1) is 0 Å². The minimum absolute atomic E-state index is 0.189. The van der Waals surface area contributed by atoms with E-state index in [9.17, 15) is 4.79 Å². The van der Waals surface area contributed by atoms with Crippen molar-refractivity contribution in [3.05, 3.63) is 57.4 Å². The highest BCUT2D eigenvalue weighted by molar-refractivity contribution is 7.14. The molecule has 0 atom stereocenters. The first-order valence-corrected chi connectivity index (χ1v) is 8.70. The van der Waals surface area contributed by atoms with E-state index in [-0.39, 0.29) is 12.6 Å². The number of ether oxygens (including phenoxy) is 2. The Kier molecular flexibility index (Phi) is 5.14. The smallest absolute Gasteiger partial charge is 0.353 e. The molecule has 3 rings (SSSR count). The molecule has 0 saturated carbocycles. The standard InChI is InChI=1S/C18H18N2O4S/c1-4-15-11(2)9-16(25-15)18(21)23-14-7-5-13(6-8-14)22-10-17-19-12(3)20-24-17/h5-9H,4,10H2,1-3H3. The second-order valence-electron chi connectivity index (χ2n) is 5.46. The van der Waals surface area contributed by atoms with Crippen LogP contribution in [0.15, 0.2) is 34.9 Å². The average molecular weight is 358 g/mol. The van der Waals surface area contributed by atoms with Gasteiger partial charge in [-0.05, 0) is 56.2 Å². The molecule has 0 aliphatic rings. The van der Waals surface area contributed by atoms with Crippen LogP contribution in [0.3, 0.4) is 0 Å². The molecule has 0 aliphatic heterocycles. The molecule has 0 N–H and O–H groups in total. The summed E-state index contributed by atoms with van der Waals surface area (Å²) in [5.41, 5.74) is 1.12. The number of hydrogen-bond acceptors (Lipinski definition) is 7. The zero-order chi connectivity index (χ0) is 17.8. The predicted octanol–water partition coefficient (Wildman–Crippen LogP) is 4.11. The highest BCUT2D eigenvalue weighted by Gasteiger charge is 2.14. The van der Waals surface area contributed by atoms with Crippen LogP contribution >= 0.6 is 11.3 Å². The SMILES string of the molecule is CCc1sc(C(=O)Oc2ccc(OCc3nc(C)no3)cc2)cc1C. The number of nitrogens with zero attached hydrogens (tertiary/aromatic N) is 2. The largest absolute Gasteiger partial charge is 0.484 e. The highest BCUT2D eigenvalue weighted by atomic mass is 32.1. The van der Waals surface area contributed by atoms with Gasteiger partial charge in [-0.15, -0.1) is 11.3 Å². The third kappa shape index (κ3) is 4.24. The van der Waals surface area contributed by atoms with Gasteiger partial charge < -0.3 is 14.0 Å². The van der Waals surface area contributed by atoms with Crippen LogP contribution in [0, 0.1) is 13.8 Å². The Labute approximate surface area is 149 Å². The summed E-state index contributed by atoms with van der Waals surface area (Å²) >= 11 is 1.48. The maximum Gasteiger partial charge on any atom is 0.353 e. The summed E-state index contributed by atoms with van der Waals surface area (Å²) in [6, 6.07) is 8.70. The fraction of sp³-hybridized carbons (Fsp3) is 0.278. The van der Waals surface area contributed by atoms with Crippen LogP contribution in [0.4, 0.5) is 0 Å². The van der Waals surface area contributed by atoms with Crippen molar-refractivity contribution in [3.8, 4) is 11.5 Å². The summed E-state index contributed by atoms with van der Waals surface area (Å²) in [7, 11) is 0. The van der Waals surface area contributed by atoms with E-state index in [1.54, 1.807) is 31.2 Å². The molecular formula is C18H18N2O4S. The van der Waals surface area contributed by atoms with Crippen molar-refractivity contribution in [1.82, 2.24) is 10.1 Å². The van der Waals surface area contributed by atoms with Crippen LogP contribution in [0.25, 0.3) is 0 Å². The zero-order valence-corrected chi connectivity index (χ0v) is 15.1. The Morgan fingerprint density at radius 2 is 1.92 bits per heavy atom. The number of esters is 1. The van der Waals surface area contributed by atoms with Crippen molar-refractivity contribution in [2.75, 3.05) is 0 Å². The Hall–Kier alpha value is -2.67. The highest BCUT2D eigenvalue weighted by Crippen LogP contribution is 2.25. The molecule has 0 spiro atoms. The summed E-state index contributed by atoms with van der Waals surface area (Å²) in [5, 5.41) is 3.70. The Morgan fingerprint density at radius 1 is 1.20 bits per heavy atom. The molecule has 7 heteroatoms. The third-order valence-corrected chi connectivity index (χ3v) is 4.87. The molecule has 3 aromatic rings. The predicted molar refractivity (Wildman–Crippen MR) is 93.2 cm³/mol. The number of hydrogen-bond donors (Lipinski definition) is 0. The number of rotatable bonds is 6. The maximum absolute atomic E-state index is 12.2. The third-order valence-electron chi connectivity index (χ3n) is 3.51. The molecule has 25 heavy (non-hydrogen) atoms. The normalized spacial score (nSPS) is 10.7. The zero-order valence-electron chi connectivity index (χ0n) is 14.2. The van der Waals surface area contributed by atoms with Gasteiger partial charge in [0, 0.05) is 4.88 Å². The molecule has 0 radical (unpaired) electrons. The van der Waals surface area contributed by atoms with E-state index in [1.165, 1.54) is 16.2 Å². The second kappa shape index (κ2) is 7.48. The second-order valence-corrected chi connectivity index (χ2v) is 6.59. The summed E-state index contributed by atoms with van der Waals surface area (Å²) in [6.07, 6.45) is 0.912. The minimum atomic E-state index is -0.345. The summed E-state index contributed by atoms with van der Waals surface area (Å²) in [6.45, 7) is 6.01. The average Bonchev–Trinajstić information content (AvgIpc) is 3.19. The number of aryl methyl sites for hydroxylation is 3. The molecule has 0 saturated heterocycles. The van der Waals surface area contributed by atoms with Crippen LogP contribution in [0.1, 0.15) is 38.8 Å². The molecule has 0 bridgehead atoms. The van der Waals surface area contributed by atoms with Crippen LogP contribution in [0.2, 0.25) is 0 Å². The lowest BCUT2D eigenvalue weighted by atomic mass is 10.2.